The van der Waals surface area contributed by atoms with Gasteiger partial charge >= 0.3 is 5.97 Å². The van der Waals surface area contributed by atoms with Crippen molar-refractivity contribution in [2.75, 3.05) is 13.7 Å². The van der Waals surface area contributed by atoms with Crippen LogP contribution in [0.1, 0.15) is 49.9 Å². The Balaban J connectivity index is 1.36. The molecule has 0 fully saturated rings. The van der Waals surface area contributed by atoms with Crippen molar-refractivity contribution in [2.45, 2.75) is 12.5 Å². The maximum Gasteiger partial charge on any atom is 0.339 e. The van der Waals surface area contributed by atoms with Gasteiger partial charge in [0.1, 0.15) is 10.8 Å². The second kappa shape index (κ2) is 12.7. The van der Waals surface area contributed by atoms with Gasteiger partial charge in [0.15, 0.2) is 12.4 Å². The molecule has 0 aromatic heterocycles. The molecular weight excluding hydrogens is 574 g/mol. The number of methoxy groups -OCH3 is 1. The Morgan fingerprint density at radius 2 is 1.63 bits per heavy atom. The summed E-state index contributed by atoms with van der Waals surface area (Å²) >= 11 is 5.88. The standard InChI is InChI=1S/C32H24ClN3O7/c1-42-23-14-11-21(12-15-23)28-18-27(20-7-3-2-4-8-20)34-35(28)30(37)19-43-32(39)25-10-6-5-9-24(25)31(38)22-13-16-26(33)29(17-22)36(40)41/h2-17,28H,18-19H2,1H3/t28-/m1/s1. The number of hydrogen-bond acceptors (Lipinski definition) is 8. The predicted molar refractivity (Wildman–Crippen MR) is 158 cm³/mol. The zero-order valence-corrected chi connectivity index (χ0v) is 23.6. The highest BCUT2D eigenvalue weighted by atomic mass is 35.5. The van der Waals surface area contributed by atoms with Gasteiger partial charge in [0.2, 0.25) is 0 Å². The number of ketones is 1. The van der Waals surface area contributed by atoms with Crippen LogP contribution in [0.2, 0.25) is 5.02 Å². The van der Waals surface area contributed by atoms with Crippen LogP contribution in [0.3, 0.4) is 0 Å². The minimum absolute atomic E-state index is 0.0328. The van der Waals surface area contributed by atoms with Gasteiger partial charge in [-0.25, -0.2) is 9.80 Å². The fourth-order valence-corrected chi connectivity index (χ4v) is 4.90. The maximum absolute atomic E-state index is 13.4. The van der Waals surface area contributed by atoms with E-state index in [4.69, 9.17) is 21.1 Å². The van der Waals surface area contributed by atoms with E-state index in [9.17, 15) is 24.5 Å². The highest BCUT2D eigenvalue weighted by Gasteiger charge is 2.34. The smallest absolute Gasteiger partial charge is 0.339 e. The average molecular weight is 598 g/mol. The van der Waals surface area contributed by atoms with Crippen molar-refractivity contribution in [2.24, 2.45) is 5.10 Å². The number of amides is 1. The van der Waals surface area contributed by atoms with Gasteiger partial charge in [-0.2, -0.15) is 5.10 Å². The SMILES string of the molecule is COc1ccc([C@H]2CC(c3ccccc3)=NN2C(=O)COC(=O)c2ccccc2C(=O)c2ccc(Cl)c([N+](=O)[O-])c2)cc1. The molecule has 0 bridgehead atoms. The predicted octanol–water partition coefficient (Wildman–Crippen LogP) is 6.02. The highest BCUT2D eigenvalue weighted by molar-refractivity contribution is 6.33. The van der Waals surface area contributed by atoms with Crippen LogP contribution in [0.5, 0.6) is 5.75 Å². The summed E-state index contributed by atoms with van der Waals surface area (Å²) in [6.07, 6.45) is 0.445. The molecule has 4 aromatic carbocycles. The van der Waals surface area contributed by atoms with E-state index in [0.717, 1.165) is 17.2 Å². The normalized spacial score (nSPS) is 14.1. The minimum Gasteiger partial charge on any atom is -0.497 e. The van der Waals surface area contributed by atoms with Crippen LogP contribution < -0.4 is 4.74 Å². The fraction of sp³-hybridized carbons (Fsp3) is 0.125. The quantitative estimate of drug-likeness (QED) is 0.0998. The molecule has 0 N–H and O–H groups in total. The van der Waals surface area contributed by atoms with Crippen molar-refractivity contribution in [3.8, 4) is 5.75 Å². The van der Waals surface area contributed by atoms with Gasteiger partial charge in [-0.3, -0.25) is 19.7 Å². The Labute approximate surface area is 251 Å². The maximum atomic E-state index is 13.4. The van der Waals surface area contributed by atoms with E-state index in [2.05, 4.69) is 5.10 Å². The number of nitro benzene ring substituents is 1. The number of hydrogen-bond donors (Lipinski definition) is 0. The Morgan fingerprint density at radius 3 is 2.30 bits per heavy atom. The van der Waals surface area contributed by atoms with Crippen molar-refractivity contribution in [1.82, 2.24) is 5.01 Å². The first-order chi connectivity index (χ1) is 20.8. The largest absolute Gasteiger partial charge is 0.497 e. The number of rotatable bonds is 9. The van der Waals surface area contributed by atoms with Crippen molar-refractivity contribution >= 4 is 40.7 Å². The molecule has 4 aromatic rings. The lowest BCUT2D eigenvalue weighted by Crippen LogP contribution is -2.31. The molecule has 0 unspecified atom stereocenters. The Morgan fingerprint density at radius 1 is 0.953 bits per heavy atom. The highest BCUT2D eigenvalue weighted by Crippen LogP contribution is 2.34. The first-order valence-electron chi connectivity index (χ1n) is 13.1. The molecule has 0 saturated carbocycles. The Hall–Kier alpha value is -5.35. The van der Waals surface area contributed by atoms with Crippen molar-refractivity contribution in [3.05, 3.63) is 140 Å². The summed E-state index contributed by atoms with van der Waals surface area (Å²) in [6, 6.07) is 25.8. The summed E-state index contributed by atoms with van der Waals surface area (Å²) in [5, 5.41) is 17.1. The van der Waals surface area contributed by atoms with Crippen molar-refractivity contribution in [3.63, 3.8) is 0 Å². The van der Waals surface area contributed by atoms with Gasteiger partial charge in [0, 0.05) is 23.6 Å². The zero-order valence-electron chi connectivity index (χ0n) is 22.8. The summed E-state index contributed by atoms with van der Waals surface area (Å²) in [7, 11) is 1.57. The van der Waals surface area contributed by atoms with Gasteiger partial charge in [-0.05, 0) is 41.5 Å². The summed E-state index contributed by atoms with van der Waals surface area (Å²) in [5.41, 5.74) is 1.78. The summed E-state index contributed by atoms with van der Waals surface area (Å²) in [4.78, 5) is 50.4. The van der Waals surface area contributed by atoms with E-state index in [1.807, 2.05) is 42.5 Å². The molecule has 0 spiro atoms. The van der Waals surface area contributed by atoms with Crippen LogP contribution in [0.15, 0.2) is 102 Å². The molecule has 0 aliphatic carbocycles. The molecular formula is C32H24ClN3O7. The number of esters is 1. The van der Waals surface area contributed by atoms with Gasteiger partial charge in [0.25, 0.3) is 11.6 Å². The lowest BCUT2D eigenvalue weighted by molar-refractivity contribution is -0.384. The monoisotopic (exact) mass is 597 g/mol. The second-order valence-corrected chi connectivity index (χ2v) is 9.93. The Kier molecular flexibility index (Phi) is 8.59. The molecule has 1 heterocycles. The summed E-state index contributed by atoms with van der Waals surface area (Å²) in [6.45, 7) is -0.633. The molecule has 1 amide bonds. The third kappa shape index (κ3) is 6.29. The van der Waals surface area contributed by atoms with Gasteiger partial charge in [-0.15, -0.1) is 0 Å². The van der Waals surface area contributed by atoms with Crippen molar-refractivity contribution < 1.29 is 28.8 Å². The zero-order chi connectivity index (χ0) is 30.5. The van der Waals surface area contributed by atoms with E-state index < -0.39 is 40.9 Å². The number of nitro groups is 1. The van der Waals surface area contributed by atoms with Crippen LogP contribution in [0.25, 0.3) is 0 Å². The van der Waals surface area contributed by atoms with Crippen LogP contribution >= 0.6 is 11.6 Å². The average Bonchev–Trinajstić information content (AvgIpc) is 3.49. The molecule has 0 radical (unpaired) electrons. The summed E-state index contributed by atoms with van der Waals surface area (Å²) in [5.74, 6) is -1.44. The first-order valence-corrected chi connectivity index (χ1v) is 13.5. The third-order valence-electron chi connectivity index (χ3n) is 6.90. The topological polar surface area (TPSA) is 128 Å². The number of hydrazone groups is 1. The number of halogens is 1. The van der Waals surface area contributed by atoms with E-state index in [1.165, 1.54) is 35.3 Å². The van der Waals surface area contributed by atoms with Crippen molar-refractivity contribution in [1.29, 1.82) is 0 Å². The molecule has 1 aliphatic rings. The van der Waals surface area contributed by atoms with Crippen LogP contribution in [0.4, 0.5) is 5.69 Å². The molecule has 11 heteroatoms. The van der Waals surface area contributed by atoms with Gasteiger partial charge < -0.3 is 9.47 Å². The van der Waals surface area contributed by atoms with Crippen LogP contribution in [-0.4, -0.2) is 47.0 Å². The molecule has 0 saturated heterocycles. The first kappa shape index (κ1) is 29.2. The van der Waals surface area contributed by atoms with Gasteiger partial charge in [0.05, 0.1) is 29.4 Å². The molecule has 5 rings (SSSR count). The minimum atomic E-state index is -0.909. The fourth-order valence-electron chi connectivity index (χ4n) is 4.71. The lowest BCUT2D eigenvalue weighted by atomic mass is 9.98. The van der Waals surface area contributed by atoms with Gasteiger partial charge in [-0.1, -0.05) is 72.3 Å². The lowest BCUT2D eigenvalue weighted by Gasteiger charge is -2.22. The number of benzene rings is 4. The Bertz CT molecular complexity index is 1740. The third-order valence-corrected chi connectivity index (χ3v) is 7.22. The number of carbonyl (C=O) groups excluding carboxylic acids is 3. The molecule has 43 heavy (non-hydrogen) atoms. The van der Waals surface area contributed by atoms with E-state index in [0.29, 0.717) is 17.9 Å². The van der Waals surface area contributed by atoms with E-state index >= 15 is 0 Å². The molecule has 1 aliphatic heterocycles. The molecule has 216 valence electrons. The summed E-state index contributed by atoms with van der Waals surface area (Å²) < 4.78 is 10.6. The van der Waals surface area contributed by atoms with Crippen LogP contribution in [-0.2, 0) is 9.53 Å². The van der Waals surface area contributed by atoms with E-state index in [1.54, 1.807) is 25.3 Å². The number of ether oxygens (including phenoxy) is 2. The van der Waals surface area contributed by atoms with Crippen LogP contribution in [0, 0.1) is 10.1 Å². The second-order valence-electron chi connectivity index (χ2n) is 9.52. The molecule has 10 nitrogen and oxygen atoms in total. The molecule has 1 atom stereocenters. The number of carbonyl (C=O) groups is 3. The number of nitrogens with zero attached hydrogens (tertiary/aromatic N) is 3. The van der Waals surface area contributed by atoms with E-state index in [-0.39, 0.29) is 21.7 Å².